The molecule has 4 nitrogen and oxygen atoms in total. The Morgan fingerprint density at radius 2 is 1.78 bits per heavy atom. The number of hydrogen-bond donors (Lipinski definition) is 1. The van der Waals surface area contributed by atoms with Crippen molar-refractivity contribution < 1.29 is 4.79 Å². The summed E-state index contributed by atoms with van der Waals surface area (Å²) in [6.07, 6.45) is 13.0. The van der Waals surface area contributed by atoms with Crippen molar-refractivity contribution in [3.05, 3.63) is 48.3 Å². The molecule has 0 atom stereocenters. The van der Waals surface area contributed by atoms with Crippen LogP contribution in [0.2, 0.25) is 0 Å². The number of nitrogens with zero attached hydrogens (tertiary/aromatic N) is 2. The molecule has 0 bridgehead atoms. The van der Waals surface area contributed by atoms with Gasteiger partial charge in [-0.05, 0) is 43.6 Å². The van der Waals surface area contributed by atoms with Gasteiger partial charge in [-0.1, -0.05) is 56.5 Å². The maximum absolute atomic E-state index is 12.4. The van der Waals surface area contributed by atoms with E-state index in [4.69, 9.17) is 0 Å². The SMILES string of the molecule is CCCCC1CCC(C(=O)NCCc2cnc(-c3ccccc3)nc2)CC1. The highest BCUT2D eigenvalue weighted by molar-refractivity contribution is 5.78. The fourth-order valence-corrected chi connectivity index (χ4v) is 3.90. The molecule has 1 aliphatic carbocycles. The number of unbranched alkanes of at least 4 members (excludes halogenated alkanes) is 1. The van der Waals surface area contributed by atoms with Crippen molar-refractivity contribution in [3.8, 4) is 11.4 Å². The van der Waals surface area contributed by atoms with Gasteiger partial charge in [0.05, 0.1) is 0 Å². The van der Waals surface area contributed by atoms with Gasteiger partial charge in [0.15, 0.2) is 5.82 Å². The summed E-state index contributed by atoms with van der Waals surface area (Å²) in [5, 5.41) is 3.11. The summed E-state index contributed by atoms with van der Waals surface area (Å²) < 4.78 is 0. The molecule has 2 aromatic rings. The molecular formula is C23H31N3O. The number of nitrogens with one attached hydrogen (secondary N) is 1. The molecule has 27 heavy (non-hydrogen) atoms. The quantitative estimate of drug-likeness (QED) is 0.731. The first-order valence-electron chi connectivity index (χ1n) is 10.4. The van der Waals surface area contributed by atoms with Crippen molar-refractivity contribution in [2.24, 2.45) is 11.8 Å². The second-order valence-electron chi connectivity index (χ2n) is 7.68. The van der Waals surface area contributed by atoms with E-state index in [1.54, 1.807) is 0 Å². The highest BCUT2D eigenvalue weighted by Gasteiger charge is 2.25. The second kappa shape index (κ2) is 10.2. The largest absolute Gasteiger partial charge is 0.356 e. The van der Waals surface area contributed by atoms with Gasteiger partial charge in [0.1, 0.15) is 0 Å². The van der Waals surface area contributed by atoms with Crippen LogP contribution in [0.1, 0.15) is 57.4 Å². The summed E-state index contributed by atoms with van der Waals surface area (Å²) in [5.41, 5.74) is 2.07. The van der Waals surface area contributed by atoms with Crippen LogP contribution in [0.5, 0.6) is 0 Å². The summed E-state index contributed by atoms with van der Waals surface area (Å²) >= 11 is 0. The van der Waals surface area contributed by atoms with Gasteiger partial charge in [-0.25, -0.2) is 9.97 Å². The molecule has 3 rings (SSSR count). The zero-order valence-corrected chi connectivity index (χ0v) is 16.4. The number of amides is 1. The monoisotopic (exact) mass is 365 g/mol. The first-order valence-corrected chi connectivity index (χ1v) is 10.4. The second-order valence-corrected chi connectivity index (χ2v) is 7.68. The number of benzene rings is 1. The lowest BCUT2D eigenvalue weighted by Gasteiger charge is -2.27. The third-order valence-corrected chi connectivity index (χ3v) is 5.63. The minimum atomic E-state index is 0.208. The number of hydrogen-bond acceptors (Lipinski definition) is 3. The van der Waals surface area contributed by atoms with Gasteiger partial charge < -0.3 is 5.32 Å². The molecule has 0 radical (unpaired) electrons. The Balaban J connectivity index is 1.39. The van der Waals surface area contributed by atoms with Gasteiger partial charge in [0.2, 0.25) is 5.91 Å². The molecule has 1 aliphatic rings. The first-order chi connectivity index (χ1) is 13.3. The Bertz CT molecular complexity index is 691. The summed E-state index contributed by atoms with van der Waals surface area (Å²) in [5.74, 6) is 2.02. The molecule has 1 fully saturated rings. The zero-order chi connectivity index (χ0) is 18.9. The number of carbonyl (C=O) groups is 1. The third kappa shape index (κ3) is 5.88. The number of rotatable bonds is 8. The lowest BCUT2D eigenvalue weighted by Crippen LogP contribution is -2.34. The van der Waals surface area contributed by atoms with E-state index in [1.165, 1.54) is 32.1 Å². The highest BCUT2D eigenvalue weighted by atomic mass is 16.1. The summed E-state index contributed by atoms with van der Waals surface area (Å²) in [4.78, 5) is 21.3. The molecule has 1 heterocycles. The maximum atomic E-state index is 12.4. The van der Waals surface area contributed by atoms with Gasteiger partial charge in [-0.2, -0.15) is 0 Å². The Morgan fingerprint density at radius 3 is 2.44 bits per heavy atom. The minimum absolute atomic E-state index is 0.208. The first kappa shape index (κ1) is 19.5. The lowest BCUT2D eigenvalue weighted by molar-refractivity contribution is -0.126. The molecule has 144 valence electrons. The van der Waals surface area contributed by atoms with Crippen LogP contribution in [-0.2, 0) is 11.2 Å². The van der Waals surface area contributed by atoms with Crippen molar-refractivity contribution in [2.75, 3.05) is 6.54 Å². The highest BCUT2D eigenvalue weighted by Crippen LogP contribution is 2.31. The van der Waals surface area contributed by atoms with E-state index in [0.717, 1.165) is 42.1 Å². The smallest absolute Gasteiger partial charge is 0.223 e. The minimum Gasteiger partial charge on any atom is -0.356 e. The van der Waals surface area contributed by atoms with Crippen LogP contribution in [0.3, 0.4) is 0 Å². The van der Waals surface area contributed by atoms with E-state index in [0.29, 0.717) is 6.54 Å². The van der Waals surface area contributed by atoms with Crippen LogP contribution in [-0.4, -0.2) is 22.4 Å². The van der Waals surface area contributed by atoms with E-state index in [2.05, 4.69) is 22.2 Å². The van der Waals surface area contributed by atoms with E-state index in [9.17, 15) is 4.79 Å². The van der Waals surface area contributed by atoms with Crippen LogP contribution in [0.15, 0.2) is 42.7 Å². The fraction of sp³-hybridized carbons (Fsp3) is 0.522. The molecule has 1 saturated carbocycles. The number of carbonyl (C=O) groups excluding carboxylic acids is 1. The average Bonchev–Trinajstić information content (AvgIpc) is 2.73. The van der Waals surface area contributed by atoms with Gasteiger partial charge in [-0.15, -0.1) is 0 Å². The maximum Gasteiger partial charge on any atom is 0.223 e. The molecule has 1 aromatic carbocycles. The van der Waals surface area contributed by atoms with Crippen molar-refractivity contribution in [1.29, 1.82) is 0 Å². The Morgan fingerprint density at radius 1 is 1.07 bits per heavy atom. The third-order valence-electron chi connectivity index (χ3n) is 5.63. The Hall–Kier alpha value is -2.23. The molecule has 1 aromatic heterocycles. The normalized spacial score (nSPS) is 19.6. The predicted molar refractivity (Wildman–Crippen MR) is 109 cm³/mol. The topological polar surface area (TPSA) is 54.9 Å². The summed E-state index contributed by atoms with van der Waals surface area (Å²) in [6, 6.07) is 9.97. The molecule has 4 heteroatoms. The van der Waals surface area contributed by atoms with E-state index >= 15 is 0 Å². The Kier molecular flexibility index (Phi) is 7.37. The Labute approximate surface area is 162 Å². The van der Waals surface area contributed by atoms with Gasteiger partial charge in [-0.3, -0.25) is 4.79 Å². The van der Waals surface area contributed by atoms with Crippen LogP contribution in [0.4, 0.5) is 0 Å². The van der Waals surface area contributed by atoms with Gasteiger partial charge in [0.25, 0.3) is 0 Å². The van der Waals surface area contributed by atoms with Crippen molar-refractivity contribution in [3.63, 3.8) is 0 Å². The molecule has 0 aliphatic heterocycles. The van der Waals surface area contributed by atoms with Crippen molar-refractivity contribution >= 4 is 5.91 Å². The van der Waals surface area contributed by atoms with Crippen LogP contribution in [0.25, 0.3) is 11.4 Å². The average molecular weight is 366 g/mol. The van der Waals surface area contributed by atoms with Crippen LogP contribution in [0, 0.1) is 11.8 Å². The molecular weight excluding hydrogens is 334 g/mol. The fourth-order valence-electron chi connectivity index (χ4n) is 3.90. The zero-order valence-electron chi connectivity index (χ0n) is 16.4. The summed E-state index contributed by atoms with van der Waals surface area (Å²) in [6.45, 7) is 2.90. The van der Waals surface area contributed by atoms with E-state index in [-0.39, 0.29) is 11.8 Å². The molecule has 1 amide bonds. The van der Waals surface area contributed by atoms with Crippen LogP contribution < -0.4 is 5.32 Å². The molecule has 0 unspecified atom stereocenters. The molecule has 0 saturated heterocycles. The van der Waals surface area contributed by atoms with Crippen LogP contribution >= 0.6 is 0 Å². The predicted octanol–water partition coefficient (Wildman–Crippen LogP) is 4.80. The van der Waals surface area contributed by atoms with E-state index < -0.39 is 0 Å². The molecule has 1 N–H and O–H groups in total. The van der Waals surface area contributed by atoms with Gasteiger partial charge >= 0.3 is 0 Å². The molecule has 0 spiro atoms. The summed E-state index contributed by atoms with van der Waals surface area (Å²) in [7, 11) is 0. The lowest BCUT2D eigenvalue weighted by atomic mass is 9.79. The van der Waals surface area contributed by atoms with E-state index in [1.807, 2.05) is 42.7 Å². The van der Waals surface area contributed by atoms with Crippen molar-refractivity contribution in [2.45, 2.75) is 58.3 Å². The number of aromatic nitrogens is 2. The van der Waals surface area contributed by atoms with Crippen molar-refractivity contribution in [1.82, 2.24) is 15.3 Å². The van der Waals surface area contributed by atoms with Gasteiger partial charge in [0, 0.05) is 30.4 Å². The standard InChI is InChI=1S/C23H31N3O/c1-2-3-7-18-10-12-21(13-11-18)23(27)24-15-14-19-16-25-22(26-17-19)20-8-5-4-6-9-20/h4-6,8-9,16-18,21H,2-3,7,10-15H2,1H3,(H,24,27).